The smallest absolute Gasteiger partial charge is 0.255 e. The van der Waals surface area contributed by atoms with Crippen molar-refractivity contribution in [3.05, 3.63) is 40.2 Å². The van der Waals surface area contributed by atoms with Crippen LogP contribution in [0.5, 0.6) is 5.75 Å². The van der Waals surface area contributed by atoms with E-state index in [0.29, 0.717) is 6.61 Å². The summed E-state index contributed by atoms with van der Waals surface area (Å²) in [5.41, 5.74) is 1.67. The fourth-order valence-corrected chi connectivity index (χ4v) is 2.72. The van der Waals surface area contributed by atoms with E-state index in [4.69, 9.17) is 4.74 Å². The minimum atomic E-state index is 0.000273. The zero-order chi connectivity index (χ0) is 15.8. The monoisotopic (exact) mass is 301 g/mol. The van der Waals surface area contributed by atoms with Gasteiger partial charge in [0, 0.05) is 5.39 Å². The number of fused-ring (bicyclic) bond motifs is 1. The van der Waals surface area contributed by atoms with E-state index in [1.54, 1.807) is 0 Å². The molecule has 0 aliphatic rings. The summed E-state index contributed by atoms with van der Waals surface area (Å²) in [6.45, 7) is 5.04. The van der Waals surface area contributed by atoms with Gasteiger partial charge in [-0.3, -0.25) is 4.79 Å². The summed E-state index contributed by atoms with van der Waals surface area (Å²) in [5.74, 6) is 0.798. The number of aromatic nitrogens is 1. The van der Waals surface area contributed by atoms with Gasteiger partial charge in [-0.2, -0.15) is 0 Å². The summed E-state index contributed by atoms with van der Waals surface area (Å²) >= 11 is 0. The van der Waals surface area contributed by atoms with Crippen LogP contribution < -0.4 is 10.3 Å². The molecule has 0 atom stereocenters. The van der Waals surface area contributed by atoms with Crippen LogP contribution in [0, 0.1) is 0 Å². The fraction of sp³-hybridized carbons (Fsp3) is 0.526. The number of hydrogen-bond acceptors (Lipinski definition) is 2. The Morgan fingerprint density at radius 2 is 1.73 bits per heavy atom. The van der Waals surface area contributed by atoms with Gasteiger partial charge in [-0.1, -0.05) is 51.7 Å². The van der Waals surface area contributed by atoms with Gasteiger partial charge in [0.2, 0.25) is 0 Å². The Morgan fingerprint density at radius 3 is 2.50 bits per heavy atom. The molecule has 0 saturated carbocycles. The first-order valence-corrected chi connectivity index (χ1v) is 8.54. The minimum absolute atomic E-state index is 0.000273. The second-order valence-corrected chi connectivity index (χ2v) is 5.82. The van der Waals surface area contributed by atoms with Crippen molar-refractivity contribution in [2.45, 2.75) is 58.8 Å². The molecular weight excluding hydrogens is 274 g/mol. The van der Waals surface area contributed by atoms with Gasteiger partial charge in [0.05, 0.1) is 17.7 Å². The molecule has 0 saturated heterocycles. The van der Waals surface area contributed by atoms with E-state index < -0.39 is 0 Å². The molecule has 0 bridgehead atoms. The average molecular weight is 301 g/mol. The molecule has 0 amide bonds. The number of para-hydroxylation sites is 1. The van der Waals surface area contributed by atoms with Crippen LogP contribution in [0.1, 0.15) is 57.9 Å². The lowest BCUT2D eigenvalue weighted by Crippen LogP contribution is -2.16. The Kier molecular flexibility index (Phi) is 6.50. The average Bonchev–Trinajstić information content (AvgIpc) is 2.53. The summed E-state index contributed by atoms with van der Waals surface area (Å²) in [7, 11) is 0. The SMILES string of the molecule is CCCCCOc1c(CCCCC)c(=O)[nH]c2ccccc12. The van der Waals surface area contributed by atoms with Gasteiger partial charge < -0.3 is 9.72 Å². The molecule has 0 aliphatic carbocycles. The standard InChI is InChI=1S/C19H27NO2/c1-3-5-7-12-16-18(22-14-10-6-4-2)15-11-8-9-13-17(15)20-19(16)21/h8-9,11,13H,3-7,10,12,14H2,1-2H3,(H,20,21). The van der Waals surface area contributed by atoms with Gasteiger partial charge in [0.1, 0.15) is 5.75 Å². The zero-order valence-corrected chi connectivity index (χ0v) is 13.8. The zero-order valence-electron chi connectivity index (χ0n) is 13.8. The molecule has 2 rings (SSSR count). The first-order valence-electron chi connectivity index (χ1n) is 8.54. The fourth-order valence-electron chi connectivity index (χ4n) is 2.72. The van der Waals surface area contributed by atoms with E-state index in [0.717, 1.165) is 60.7 Å². The normalized spacial score (nSPS) is 11.0. The number of pyridine rings is 1. The molecule has 0 fully saturated rings. The van der Waals surface area contributed by atoms with Gasteiger partial charge >= 0.3 is 0 Å². The van der Waals surface area contributed by atoms with Crippen molar-refractivity contribution < 1.29 is 4.74 Å². The highest BCUT2D eigenvalue weighted by molar-refractivity contribution is 5.86. The maximum Gasteiger partial charge on any atom is 0.255 e. The summed E-state index contributed by atoms with van der Waals surface area (Å²) in [5, 5.41) is 1.02. The van der Waals surface area contributed by atoms with E-state index in [9.17, 15) is 4.79 Å². The van der Waals surface area contributed by atoms with Crippen molar-refractivity contribution in [2.75, 3.05) is 6.61 Å². The molecule has 0 radical (unpaired) electrons. The second-order valence-electron chi connectivity index (χ2n) is 5.82. The molecule has 3 heteroatoms. The number of aromatic amines is 1. The summed E-state index contributed by atoms with van der Waals surface area (Å²) < 4.78 is 6.04. The molecule has 22 heavy (non-hydrogen) atoms. The second kappa shape index (κ2) is 8.62. The molecule has 1 aromatic carbocycles. The van der Waals surface area contributed by atoms with E-state index in [2.05, 4.69) is 18.8 Å². The van der Waals surface area contributed by atoms with Crippen LogP contribution in [0.4, 0.5) is 0 Å². The lowest BCUT2D eigenvalue weighted by Gasteiger charge is -2.14. The lowest BCUT2D eigenvalue weighted by molar-refractivity contribution is 0.306. The van der Waals surface area contributed by atoms with Crippen LogP contribution in [0.2, 0.25) is 0 Å². The molecule has 0 aliphatic heterocycles. The maximum atomic E-state index is 12.4. The van der Waals surface area contributed by atoms with Crippen molar-refractivity contribution in [3.63, 3.8) is 0 Å². The van der Waals surface area contributed by atoms with Crippen molar-refractivity contribution >= 4 is 10.9 Å². The third-order valence-electron chi connectivity index (χ3n) is 3.99. The molecule has 0 spiro atoms. The van der Waals surface area contributed by atoms with E-state index >= 15 is 0 Å². The van der Waals surface area contributed by atoms with Crippen molar-refractivity contribution in [3.8, 4) is 5.75 Å². The molecule has 2 aromatic rings. The molecule has 1 aromatic heterocycles. The van der Waals surface area contributed by atoms with Crippen molar-refractivity contribution in [2.24, 2.45) is 0 Å². The predicted octanol–water partition coefficient (Wildman–Crippen LogP) is 4.83. The number of H-pyrrole nitrogens is 1. The number of unbranched alkanes of at least 4 members (excludes halogenated alkanes) is 4. The van der Waals surface area contributed by atoms with Crippen LogP contribution >= 0.6 is 0 Å². The Morgan fingerprint density at radius 1 is 1.00 bits per heavy atom. The van der Waals surface area contributed by atoms with Crippen molar-refractivity contribution in [1.29, 1.82) is 0 Å². The largest absolute Gasteiger partial charge is 0.492 e. The number of ether oxygens (including phenoxy) is 1. The topological polar surface area (TPSA) is 42.1 Å². The molecule has 3 nitrogen and oxygen atoms in total. The molecule has 1 heterocycles. The molecule has 120 valence electrons. The molecule has 1 N–H and O–H groups in total. The Balaban J connectivity index is 2.32. The van der Waals surface area contributed by atoms with E-state index in [-0.39, 0.29) is 5.56 Å². The Labute approximate surface area is 132 Å². The molecule has 0 unspecified atom stereocenters. The molecular formula is C19H27NO2. The highest BCUT2D eigenvalue weighted by Crippen LogP contribution is 2.27. The number of nitrogens with one attached hydrogen (secondary N) is 1. The minimum Gasteiger partial charge on any atom is -0.492 e. The summed E-state index contributed by atoms with van der Waals surface area (Å²) in [6.07, 6.45) is 7.47. The van der Waals surface area contributed by atoms with Crippen molar-refractivity contribution in [1.82, 2.24) is 4.98 Å². The van der Waals surface area contributed by atoms with E-state index in [1.807, 2.05) is 24.3 Å². The van der Waals surface area contributed by atoms with Crippen LogP contribution in [-0.4, -0.2) is 11.6 Å². The number of benzene rings is 1. The van der Waals surface area contributed by atoms with Crippen LogP contribution in [0.15, 0.2) is 29.1 Å². The number of hydrogen-bond donors (Lipinski definition) is 1. The highest BCUT2D eigenvalue weighted by Gasteiger charge is 2.13. The van der Waals surface area contributed by atoms with Crippen LogP contribution in [0.3, 0.4) is 0 Å². The predicted molar refractivity (Wildman–Crippen MR) is 92.8 cm³/mol. The Hall–Kier alpha value is -1.77. The van der Waals surface area contributed by atoms with E-state index in [1.165, 1.54) is 6.42 Å². The van der Waals surface area contributed by atoms with Crippen LogP contribution in [-0.2, 0) is 6.42 Å². The first kappa shape index (κ1) is 16.6. The number of rotatable bonds is 9. The third kappa shape index (κ3) is 4.12. The van der Waals surface area contributed by atoms with Gasteiger partial charge in [-0.05, 0) is 31.4 Å². The van der Waals surface area contributed by atoms with Gasteiger partial charge in [0.25, 0.3) is 5.56 Å². The third-order valence-corrected chi connectivity index (χ3v) is 3.99. The summed E-state index contributed by atoms with van der Waals surface area (Å²) in [4.78, 5) is 15.4. The highest BCUT2D eigenvalue weighted by atomic mass is 16.5. The quantitative estimate of drug-likeness (QED) is 0.674. The van der Waals surface area contributed by atoms with Gasteiger partial charge in [-0.25, -0.2) is 0 Å². The first-order chi connectivity index (χ1) is 10.8. The summed E-state index contributed by atoms with van der Waals surface area (Å²) in [6, 6.07) is 7.90. The maximum absolute atomic E-state index is 12.4. The van der Waals surface area contributed by atoms with Gasteiger partial charge in [-0.15, -0.1) is 0 Å². The lowest BCUT2D eigenvalue weighted by atomic mass is 10.0. The van der Waals surface area contributed by atoms with Crippen LogP contribution in [0.25, 0.3) is 10.9 Å². The Bertz CT molecular complexity index is 645. The van der Waals surface area contributed by atoms with Gasteiger partial charge in [0.15, 0.2) is 0 Å².